The largest absolute Gasteiger partial charge is 0.331 e. The average molecular weight is 332 g/mol. The van der Waals surface area contributed by atoms with Crippen LogP contribution < -0.4 is 5.32 Å². The lowest BCUT2D eigenvalue weighted by Gasteiger charge is -2.23. The fraction of sp³-hybridized carbons (Fsp3) is 0.444. The average Bonchev–Trinajstić information content (AvgIpc) is 2.82. The van der Waals surface area contributed by atoms with E-state index in [4.69, 9.17) is 0 Å². The van der Waals surface area contributed by atoms with Crippen molar-refractivity contribution >= 4 is 28.2 Å². The monoisotopic (exact) mass is 332 g/mol. The minimum absolute atomic E-state index is 0.0550. The summed E-state index contributed by atoms with van der Waals surface area (Å²) in [4.78, 5) is 27.5. The number of thiophene rings is 1. The van der Waals surface area contributed by atoms with Crippen LogP contribution in [0.1, 0.15) is 41.1 Å². The van der Waals surface area contributed by atoms with Crippen molar-refractivity contribution in [2.45, 2.75) is 33.1 Å². The highest BCUT2D eigenvalue weighted by Crippen LogP contribution is 2.40. The molecule has 2 rings (SSSR count). The number of carbonyl (C=O) groups excluding carboxylic acids is 2. The Morgan fingerprint density at radius 3 is 2.57 bits per heavy atom. The number of rotatable bonds is 6. The summed E-state index contributed by atoms with van der Waals surface area (Å²) in [5.74, 6) is 0.414. The topological polar surface area (TPSA) is 49.4 Å². The summed E-state index contributed by atoms with van der Waals surface area (Å²) in [5.41, 5.74) is 1.77. The zero-order chi connectivity index (χ0) is 17.0. The van der Waals surface area contributed by atoms with Crippen LogP contribution >= 0.6 is 11.3 Å². The first-order chi connectivity index (χ1) is 11.0. The van der Waals surface area contributed by atoms with Crippen molar-refractivity contribution in [1.29, 1.82) is 0 Å². The summed E-state index contributed by atoms with van der Waals surface area (Å²) in [5, 5.41) is 3.53. The fourth-order valence-electron chi connectivity index (χ4n) is 2.94. The Kier molecular flexibility index (Phi) is 5.77. The van der Waals surface area contributed by atoms with Gasteiger partial charge in [-0.25, -0.2) is 0 Å². The van der Waals surface area contributed by atoms with E-state index in [1.807, 2.05) is 0 Å². The second kappa shape index (κ2) is 7.59. The van der Waals surface area contributed by atoms with Gasteiger partial charge >= 0.3 is 0 Å². The number of carbonyl (C=O) groups is 2. The predicted molar refractivity (Wildman–Crippen MR) is 96.1 cm³/mol. The van der Waals surface area contributed by atoms with Crippen LogP contribution in [0.25, 0.3) is 0 Å². The first-order valence-electron chi connectivity index (χ1n) is 7.91. The lowest BCUT2D eigenvalue weighted by Crippen LogP contribution is -2.32. The quantitative estimate of drug-likeness (QED) is 0.809. The molecular formula is C18H24N2O2S. The highest BCUT2D eigenvalue weighted by molar-refractivity contribution is 7.17. The van der Waals surface area contributed by atoms with Gasteiger partial charge in [0.2, 0.25) is 5.91 Å². The third-order valence-electron chi connectivity index (χ3n) is 4.00. The first kappa shape index (κ1) is 17.5. The third-order valence-corrected chi connectivity index (χ3v) is 5.17. The molecule has 2 amide bonds. The van der Waals surface area contributed by atoms with Gasteiger partial charge in [-0.05, 0) is 30.7 Å². The number of nitrogens with zero attached hydrogens (tertiary/aromatic N) is 1. The molecule has 0 aromatic carbocycles. The van der Waals surface area contributed by atoms with Gasteiger partial charge < -0.3 is 10.2 Å². The van der Waals surface area contributed by atoms with Crippen LogP contribution in [0.4, 0.5) is 5.00 Å². The van der Waals surface area contributed by atoms with Crippen LogP contribution in [0.15, 0.2) is 25.3 Å². The van der Waals surface area contributed by atoms with Crippen molar-refractivity contribution in [3.05, 3.63) is 41.3 Å². The lowest BCUT2D eigenvalue weighted by molar-refractivity contribution is -0.114. The van der Waals surface area contributed by atoms with Crippen molar-refractivity contribution in [1.82, 2.24) is 4.90 Å². The molecule has 1 aromatic heterocycles. The molecule has 0 unspecified atom stereocenters. The smallest absolute Gasteiger partial charge is 0.257 e. The molecule has 1 atom stereocenters. The highest BCUT2D eigenvalue weighted by Gasteiger charge is 2.29. The van der Waals surface area contributed by atoms with Gasteiger partial charge in [-0.1, -0.05) is 19.1 Å². The van der Waals surface area contributed by atoms with Crippen LogP contribution in [0, 0.1) is 5.92 Å². The molecule has 0 aliphatic heterocycles. The Balaban J connectivity index is 2.45. The van der Waals surface area contributed by atoms with Crippen molar-refractivity contribution in [2.24, 2.45) is 5.92 Å². The number of anilines is 1. The lowest BCUT2D eigenvalue weighted by atomic mass is 9.88. The van der Waals surface area contributed by atoms with Crippen LogP contribution in [-0.4, -0.2) is 29.8 Å². The summed E-state index contributed by atoms with van der Waals surface area (Å²) < 4.78 is 0. The minimum atomic E-state index is -0.148. The van der Waals surface area contributed by atoms with E-state index in [1.165, 1.54) is 11.8 Å². The number of nitrogens with one attached hydrogen (secondary N) is 1. The molecular weight excluding hydrogens is 308 g/mol. The third kappa shape index (κ3) is 3.91. The zero-order valence-electron chi connectivity index (χ0n) is 13.9. The van der Waals surface area contributed by atoms with Gasteiger partial charge in [0.1, 0.15) is 5.00 Å². The highest BCUT2D eigenvalue weighted by atomic mass is 32.1. The molecule has 124 valence electrons. The standard InChI is InChI=1S/C18H24N2O2S/c1-5-9-20(10-6-2)18(22)16-14-8-7-12(3)11-15(14)23-17(16)19-13(4)21/h5-6,12H,1-2,7-11H2,3-4H3,(H,19,21)/t12-/m0/s1. The van der Waals surface area contributed by atoms with Crippen LogP contribution in [0.3, 0.4) is 0 Å². The second-order valence-electron chi connectivity index (χ2n) is 6.02. The van der Waals surface area contributed by atoms with Gasteiger partial charge in [0.05, 0.1) is 5.56 Å². The number of amides is 2. The molecule has 1 N–H and O–H groups in total. The Hall–Kier alpha value is -1.88. The normalized spacial score (nSPS) is 16.3. The number of fused-ring (bicyclic) bond motifs is 1. The Morgan fingerprint density at radius 2 is 2.00 bits per heavy atom. The van der Waals surface area contributed by atoms with Crippen LogP contribution in [-0.2, 0) is 17.6 Å². The van der Waals surface area contributed by atoms with Gasteiger partial charge in [-0.2, -0.15) is 0 Å². The summed E-state index contributed by atoms with van der Waals surface area (Å²) in [6.07, 6.45) is 6.36. The summed E-state index contributed by atoms with van der Waals surface area (Å²) in [6.45, 7) is 12.1. The molecule has 0 radical (unpaired) electrons. The molecule has 0 fully saturated rings. The van der Waals surface area contributed by atoms with E-state index in [2.05, 4.69) is 25.4 Å². The van der Waals surface area contributed by atoms with Gasteiger partial charge in [0.15, 0.2) is 0 Å². The SMILES string of the molecule is C=CCN(CC=C)C(=O)c1c(NC(C)=O)sc2c1CC[C@H](C)C2. The molecule has 1 heterocycles. The van der Waals surface area contributed by atoms with E-state index in [9.17, 15) is 9.59 Å². The van der Waals surface area contributed by atoms with Gasteiger partial charge in [0.25, 0.3) is 5.91 Å². The summed E-state index contributed by atoms with van der Waals surface area (Å²) in [7, 11) is 0. The Morgan fingerprint density at radius 1 is 1.35 bits per heavy atom. The van der Waals surface area contributed by atoms with E-state index in [-0.39, 0.29) is 11.8 Å². The summed E-state index contributed by atoms with van der Waals surface area (Å²) >= 11 is 1.54. The van der Waals surface area contributed by atoms with Gasteiger partial charge in [-0.3, -0.25) is 9.59 Å². The second-order valence-corrected chi connectivity index (χ2v) is 7.13. The van der Waals surface area contributed by atoms with E-state index in [0.717, 1.165) is 24.8 Å². The van der Waals surface area contributed by atoms with Gasteiger partial charge in [-0.15, -0.1) is 24.5 Å². The number of hydrogen-bond donors (Lipinski definition) is 1. The predicted octanol–water partition coefficient (Wildman–Crippen LogP) is 3.65. The minimum Gasteiger partial charge on any atom is -0.331 e. The Bertz CT molecular complexity index is 623. The van der Waals surface area contributed by atoms with E-state index in [1.54, 1.807) is 28.4 Å². The molecule has 4 nitrogen and oxygen atoms in total. The fourth-order valence-corrected chi connectivity index (χ4v) is 4.38. The van der Waals surface area contributed by atoms with Crippen molar-refractivity contribution in [3.63, 3.8) is 0 Å². The van der Waals surface area contributed by atoms with Crippen LogP contribution in [0.5, 0.6) is 0 Å². The van der Waals surface area contributed by atoms with E-state index >= 15 is 0 Å². The number of hydrogen-bond acceptors (Lipinski definition) is 3. The molecule has 1 aromatic rings. The molecule has 0 saturated heterocycles. The van der Waals surface area contributed by atoms with Crippen molar-refractivity contribution < 1.29 is 9.59 Å². The molecule has 0 bridgehead atoms. The van der Waals surface area contributed by atoms with Crippen LogP contribution in [0.2, 0.25) is 0 Å². The molecule has 0 spiro atoms. The van der Waals surface area contributed by atoms with Crippen molar-refractivity contribution in [3.8, 4) is 0 Å². The van der Waals surface area contributed by atoms with E-state index < -0.39 is 0 Å². The van der Waals surface area contributed by atoms with E-state index in [0.29, 0.717) is 29.6 Å². The molecule has 23 heavy (non-hydrogen) atoms. The molecule has 5 heteroatoms. The van der Waals surface area contributed by atoms with Gasteiger partial charge in [0, 0.05) is 24.9 Å². The Labute approximate surface area is 141 Å². The molecule has 0 saturated carbocycles. The maximum atomic E-state index is 13.0. The summed E-state index contributed by atoms with van der Waals surface area (Å²) in [6, 6.07) is 0. The maximum Gasteiger partial charge on any atom is 0.257 e. The molecule has 1 aliphatic rings. The maximum absolute atomic E-state index is 13.0. The first-order valence-corrected chi connectivity index (χ1v) is 8.72. The van der Waals surface area contributed by atoms with Crippen molar-refractivity contribution in [2.75, 3.05) is 18.4 Å². The molecule has 1 aliphatic carbocycles. The zero-order valence-corrected chi connectivity index (χ0v) is 14.7.